The third kappa shape index (κ3) is 5.17. The molecule has 0 aromatic rings. The van der Waals surface area contributed by atoms with E-state index >= 15 is 0 Å². The third-order valence-corrected chi connectivity index (χ3v) is 5.75. The second kappa shape index (κ2) is 6.54. The second-order valence-electron chi connectivity index (χ2n) is 10.6. The Labute approximate surface area is 148 Å². The highest BCUT2D eigenvalue weighted by atomic mass is 31.2. The molecule has 0 radical (unpaired) electrons. The second-order valence-corrected chi connectivity index (χ2v) is 12.0. The Hall–Kier alpha value is -0.150. The van der Waals surface area contributed by atoms with Gasteiger partial charge in [-0.15, -0.1) is 0 Å². The molecule has 0 aliphatic carbocycles. The number of ether oxygens (including phenoxy) is 1. The van der Waals surface area contributed by atoms with E-state index in [1.807, 2.05) is 0 Å². The van der Waals surface area contributed by atoms with Crippen LogP contribution in [0.1, 0.15) is 69.2 Å². The Bertz CT molecular complexity index is 525. The lowest BCUT2D eigenvalue weighted by Gasteiger charge is -2.44. The molecule has 0 saturated carbocycles. The van der Waals surface area contributed by atoms with Gasteiger partial charge in [0.15, 0.2) is 0 Å². The molecule has 0 spiro atoms. The Balaban J connectivity index is 3.50. The van der Waals surface area contributed by atoms with Crippen molar-refractivity contribution < 1.29 is 19.1 Å². The summed E-state index contributed by atoms with van der Waals surface area (Å²) in [5.74, 6) is 1.56. The van der Waals surface area contributed by atoms with Crippen LogP contribution in [0.4, 0.5) is 0 Å². The first-order valence-corrected chi connectivity index (χ1v) is 10.4. The molecule has 1 fully saturated rings. The summed E-state index contributed by atoms with van der Waals surface area (Å²) in [6, 6.07) is 0. The van der Waals surface area contributed by atoms with Crippen LogP contribution in [-0.2, 0) is 9.30 Å². The molecule has 0 aromatic carbocycles. The third-order valence-electron chi connectivity index (χ3n) is 5.01. The Kier molecular flexibility index (Phi) is 5.96. The molecule has 0 bridgehead atoms. The van der Waals surface area contributed by atoms with E-state index in [0.29, 0.717) is 11.5 Å². The van der Waals surface area contributed by atoms with Crippen molar-refractivity contribution >= 4 is 7.60 Å². The minimum atomic E-state index is -4.22. The quantitative estimate of drug-likeness (QED) is 0.664. The Morgan fingerprint density at radius 2 is 1.29 bits per heavy atom. The highest BCUT2D eigenvalue weighted by Crippen LogP contribution is 2.56. The first kappa shape index (κ1) is 21.9. The van der Waals surface area contributed by atoms with E-state index < -0.39 is 7.60 Å². The minimum Gasteiger partial charge on any atom is -0.369 e. The molecule has 1 aliphatic rings. The average Bonchev–Trinajstić information content (AvgIpc) is 2.64. The molecule has 24 heavy (non-hydrogen) atoms. The lowest BCUT2D eigenvalue weighted by atomic mass is 9.59. The van der Waals surface area contributed by atoms with Gasteiger partial charge >= 0.3 is 7.60 Å². The zero-order valence-corrected chi connectivity index (χ0v) is 17.9. The number of hydrogen-bond acceptors (Lipinski definition) is 2. The summed E-state index contributed by atoms with van der Waals surface area (Å²) in [4.78, 5) is 18.7. The van der Waals surface area contributed by atoms with Gasteiger partial charge in [-0.05, 0) is 40.6 Å². The lowest BCUT2D eigenvalue weighted by molar-refractivity contribution is -0.0368. The molecule has 0 amide bonds. The molecule has 4 atom stereocenters. The normalized spacial score (nSPS) is 30.8. The predicted octanol–water partition coefficient (Wildman–Crippen LogP) is 5.21. The van der Waals surface area contributed by atoms with Gasteiger partial charge < -0.3 is 14.5 Å². The summed E-state index contributed by atoms with van der Waals surface area (Å²) >= 11 is 0. The van der Waals surface area contributed by atoms with Crippen LogP contribution in [0.15, 0.2) is 11.4 Å². The van der Waals surface area contributed by atoms with Gasteiger partial charge in [-0.1, -0.05) is 62.3 Å². The van der Waals surface area contributed by atoms with E-state index in [1.165, 1.54) is 0 Å². The monoisotopic (exact) mass is 360 g/mol. The first-order valence-electron chi connectivity index (χ1n) is 8.76. The molecule has 5 heteroatoms. The Morgan fingerprint density at radius 1 is 0.875 bits per heavy atom. The van der Waals surface area contributed by atoms with Crippen LogP contribution in [0.2, 0.25) is 0 Å². The molecule has 1 heterocycles. The molecule has 2 N–H and O–H groups in total. The van der Waals surface area contributed by atoms with Crippen molar-refractivity contribution in [3.63, 3.8) is 0 Å². The van der Waals surface area contributed by atoms with Crippen molar-refractivity contribution in [2.45, 2.75) is 81.4 Å². The van der Waals surface area contributed by atoms with Gasteiger partial charge in [-0.3, -0.25) is 4.57 Å². The minimum absolute atomic E-state index is 0.0341. The molecule has 1 rings (SSSR count). The highest BCUT2D eigenvalue weighted by molar-refractivity contribution is 7.55. The van der Waals surface area contributed by atoms with Crippen LogP contribution in [0, 0.1) is 28.1 Å². The van der Waals surface area contributed by atoms with Crippen molar-refractivity contribution in [1.29, 1.82) is 0 Å². The summed E-state index contributed by atoms with van der Waals surface area (Å²) in [6.07, 6.45) is -0.238. The molecule has 142 valence electrons. The van der Waals surface area contributed by atoms with Crippen molar-refractivity contribution in [2.75, 3.05) is 0 Å². The Morgan fingerprint density at radius 3 is 1.58 bits per heavy atom. The van der Waals surface area contributed by atoms with Gasteiger partial charge in [0.2, 0.25) is 0 Å². The summed E-state index contributed by atoms with van der Waals surface area (Å²) in [5.41, 5.74) is 0.599. The van der Waals surface area contributed by atoms with Crippen LogP contribution in [0.25, 0.3) is 0 Å². The van der Waals surface area contributed by atoms with Gasteiger partial charge in [0.1, 0.15) is 0 Å². The maximum absolute atomic E-state index is 11.5. The van der Waals surface area contributed by atoms with Crippen LogP contribution in [-0.4, -0.2) is 22.0 Å². The van der Waals surface area contributed by atoms with Gasteiger partial charge in [-0.25, -0.2) is 0 Å². The van der Waals surface area contributed by atoms with E-state index in [1.54, 1.807) is 6.92 Å². The van der Waals surface area contributed by atoms with Crippen molar-refractivity contribution in [2.24, 2.45) is 28.1 Å². The van der Waals surface area contributed by atoms with E-state index in [-0.39, 0.29) is 34.4 Å². The average molecular weight is 360 g/mol. The largest absolute Gasteiger partial charge is 0.369 e. The zero-order chi connectivity index (χ0) is 19.3. The van der Waals surface area contributed by atoms with Gasteiger partial charge in [0.05, 0.1) is 12.2 Å². The summed E-state index contributed by atoms with van der Waals surface area (Å²) < 4.78 is 18.0. The highest BCUT2D eigenvalue weighted by Gasteiger charge is 2.56. The van der Waals surface area contributed by atoms with E-state index in [2.05, 4.69) is 62.3 Å². The fourth-order valence-electron chi connectivity index (χ4n) is 4.16. The van der Waals surface area contributed by atoms with Gasteiger partial charge in [0.25, 0.3) is 0 Å². The lowest BCUT2D eigenvalue weighted by Crippen LogP contribution is -2.44. The molecule has 1 unspecified atom stereocenters. The van der Waals surface area contributed by atoms with E-state index in [0.717, 1.165) is 5.82 Å². The van der Waals surface area contributed by atoms with Crippen molar-refractivity contribution in [3.8, 4) is 0 Å². The van der Waals surface area contributed by atoms with Crippen LogP contribution in [0.3, 0.4) is 0 Å². The van der Waals surface area contributed by atoms with Crippen molar-refractivity contribution in [1.82, 2.24) is 0 Å². The van der Waals surface area contributed by atoms with Crippen LogP contribution < -0.4 is 0 Å². The van der Waals surface area contributed by atoms with E-state index in [9.17, 15) is 14.4 Å². The summed E-state index contributed by atoms with van der Waals surface area (Å²) in [5, 5.41) is 0. The topological polar surface area (TPSA) is 66.8 Å². The van der Waals surface area contributed by atoms with Gasteiger partial charge in [-0.2, -0.15) is 0 Å². The molecular weight excluding hydrogens is 323 g/mol. The van der Waals surface area contributed by atoms with Gasteiger partial charge in [0, 0.05) is 5.82 Å². The molecule has 0 aromatic heterocycles. The first-order chi connectivity index (χ1) is 10.4. The van der Waals surface area contributed by atoms with Crippen molar-refractivity contribution in [3.05, 3.63) is 11.4 Å². The SMILES string of the molecule is C/C(=C\P(=O)(O)O)[C@H]1O[C@@H](C(C)(C)C)[C@@H](C(C)(C)C)C1C(C)(C)C. The molecule has 1 saturated heterocycles. The molecule has 1 aliphatic heterocycles. The van der Waals surface area contributed by atoms with Crippen LogP contribution in [0.5, 0.6) is 0 Å². The number of hydrogen-bond donors (Lipinski definition) is 2. The molecular formula is C19H37O4P. The smallest absolute Gasteiger partial charge is 0.349 e. The van der Waals surface area contributed by atoms with E-state index in [4.69, 9.17) is 4.74 Å². The standard InChI is InChI=1S/C19H37O4P/c1-12(11-24(20,21)22)15-13(17(2,3)4)14(18(5,6)7)16(23-15)19(8,9)10/h11,13-16H,1-10H3,(H2,20,21,22)/b12-11+/t13?,14-,15+,16+/m0/s1. The molecule has 4 nitrogen and oxygen atoms in total. The fraction of sp³-hybridized carbons (Fsp3) is 0.895. The fourth-order valence-corrected chi connectivity index (χ4v) is 4.84. The summed E-state index contributed by atoms with van der Waals surface area (Å²) in [6.45, 7) is 21.6. The zero-order valence-electron chi connectivity index (χ0n) is 17.0. The summed E-state index contributed by atoms with van der Waals surface area (Å²) in [7, 11) is -4.22. The predicted molar refractivity (Wildman–Crippen MR) is 99.8 cm³/mol. The number of rotatable bonds is 2. The maximum Gasteiger partial charge on any atom is 0.349 e. The maximum atomic E-state index is 11.5. The van der Waals surface area contributed by atoms with Crippen LogP contribution >= 0.6 is 7.60 Å².